The number of halogens is 3. The smallest absolute Gasteiger partial charge is 0.419 e. The van der Waals surface area contributed by atoms with E-state index in [1.165, 1.54) is 19.2 Å². The monoisotopic (exact) mass is 293 g/mol. The Labute approximate surface area is 114 Å². The van der Waals surface area contributed by atoms with Crippen molar-refractivity contribution in [2.24, 2.45) is 5.73 Å². The Kier molecular flexibility index (Phi) is 5.13. The molecule has 0 radical (unpaired) electrons. The summed E-state index contributed by atoms with van der Waals surface area (Å²) in [6.07, 6.45) is -4.84. The van der Waals surface area contributed by atoms with E-state index in [0.29, 0.717) is 0 Å². The molecule has 0 saturated carbocycles. The maximum Gasteiger partial charge on any atom is 0.419 e. The van der Waals surface area contributed by atoms with E-state index in [0.717, 1.165) is 6.07 Å². The van der Waals surface area contributed by atoms with Crippen LogP contribution in [0.5, 0.6) is 5.75 Å². The first-order valence-electron chi connectivity index (χ1n) is 5.42. The first-order chi connectivity index (χ1) is 8.75. The van der Waals surface area contributed by atoms with E-state index < -0.39 is 11.7 Å². The van der Waals surface area contributed by atoms with Crippen molar-refractivity contribution in [2.75, 3.05) is 13.7 Å². The quantitative estimate of drug-likeness (QED) is 0.848. The Bertz CT molecular complexity index is 463. The van der Waals surface area contributed by atoms with Crippen molar-refractivity contribution < 1.29 is 22.6 Å². The number of methoxy groups -OCH3 is 1. The van der Waals surface area contributed by atoms with Gasteiger partial charge in [-0.1, -0.05) is 12.2 Å². The van der Waals surface area contributed by atoms with Gasteiger partial charge in [-0.15, -0.1) is 0 Å². The topological polar surface area (TPSA) is 44.5 Å². The minimum atomic E-state index is -4.54. The van der Waals surface area contributed by atoms with Crippen LogP contribution in [0.2, 0.25) is 0 Å². The first-order valence-corrected chi connectivity index (χ1v) is 5.83. The molecule has 1 atom stereocenters. The average Bonchev–Trinajstić information content (AvgIpc) is 2.34. The van der Waals surface area contributed by atoms with Crippen LogP contribution >= 0.6 is 12.2 Å². The molecule has 1 aromatic carbocycles. The Hall–Kier alpha value is -1.34. The molecule has 0 aliphatic carbocycles. The van der Waals surface area contributed by atoms with Gasteiger partial charge in [0.1, 0.15) is 17.3 Å². The van der Waals surface area contributed by atoms with Gasteiger partial charge in [0, 0.05) is 12.7 Å². The van der Waals surface area contributed by atoms with Gasteiger partial charge in [0.25, 0.3) is 0 Å². The SMILES string of the molecule is COC(C)COc1ccc(C(N)=S)cc1C(F)(F)F. The molecule has 0 spiro atoms. The van der Waals surface area contributed by atoms with E-state index in [1.807, 2.05) is 0 Å². The summed E-state index contributed by atoms with van der Waals surface area (Å²) in [6, 6.07) is 3.49. The van der Waals surface area contributed by atoms with Crippen molar-refractivity contribution >= 4 is 17.2 Å². The number of rotatable bonds is 5. The molecular weight excluding hydrogens is 279 g/mol. The maximum absolute atomic E-state index is 12.9. The molecule has 1 unspecified atom stereocenters. The van der Waals surface area contributed by atoms with E-state index in [1.54, 1.807) is 6.92 Å². The fourth-order valence-electron chi connectivity index (χ4n) is 1.31. The molecule has 0 fully saturated rings. The fraction of sp³-hybridized carbons (Fsp3) is 0.417. The van der Waals surface area contributed by atoms with Gasteiger partial charge in [-0.05, 0) is 25.1 Å². The van der Waals surface area contributed by atoms with Crippen molar-refractivity contribution in [2.45, 2.75) is 19.2 Å². The Morgan fingerprint density at radius 3 is 2.53 bits per heavy atom. The molecule has 0 amide bonds. The van der Waals surface area contributed by atoms with Gasteiger partial charge in [0.15, 0.2) is 0 Å². The van der Waals surface area contributed by atoms with E-state index >= 15 is 0 Å². The van der Waals surface area contributed by atoms with E-state index in [2.05, 4.69) is 12.2 Å². The largest absolute Gasteiger partial charge is 0.490 e. The summed E-state index contributed by atoms with van der Waals surface area (Å²) in [5.74, 6) is -0.267. The highest BCUT2D eigenvalue weighted by Crippen LogP contribution is 2.36. The number of alkyl halides is 3. The van der Waals surface area contributed by atoms with Gasteiger partial charge in [-0.3, -0.25) is 0 Å². The summed E-state index contributed by atoms with van der Waals surface area (Å²) < 4.78 is 48.7. The minimum absolute atomic E-state index is 0.0198. The van der Waals surface area contributed by atoms with Crippen LogP contribution in [-0.2, 0) is 10.9 Å². The van der Waals surface area contributed by atoms with Crippen LogP contribution in [-0.4, -0.2) is 24.8 Å². The fourth-order valence-corrected chi connectivity index (χ4v) is 1.43. The highest BCUT2D eigenvalue weighted by atomic mass is 32.1. The molecule has 0 aromatic heterocycles. The van der Waals surface area contributed by atoms with Crippen LogP contribution in [0.25, 0.3) is 0 Å². The second-order valence-corrected chi connectivity index (χ2v) is 4.37. The lowest BCUT2D eigenvalue weighted by Crippen LogP contribution is -2.19. The summed E-state index contributed by atoms with van der Waals surface area (Å²) >= 11 is 4.66. The van der Waals surface area contributed by atoms with Crippen LogP contribution < -0.4 is 10.5 Å². The molecule has 7 heteroatoms. The number of benzene rings is 1. The molecule has 0 aliphatic rings. The van der Waals surface area contributed by atoms with Crippen LogP contribution in [0.15, 0.2) is 18.2 Å². The van der Waals surface area contributed by atoms with E-state index in [9.17, 15) is 13.2 Å². The second kappa shape index (κ2) is 6.21. The van der Waals surface area contributed by atoms with Gasteiger partial charge in [-0.2, -0.15) is 13.2 Å². The molecule has 0 heterocycles. The van der Waals surface area contributed by atoms with Crippen LogP contribution in [0.3, 0.4) is 0 Å². The third-order valence-electron chi connectivity index (χ3n) is 2.45. The van der Waals surface area contributed by atoms with Crippen molar-refractivity contribution in [3.63, 3.8) is 0 Å². The number of hydrogen-bond donors (Lipinski definition) is 1. The Balaban J connectivity index is 3.06. The molecule has 2 N–H and O–H groups in total. The average molecular weight is 293 g/mol. The van der Waals surface area contributed by atoms with Crippen molar-refractivity contribution in [3.05, 3.63) is 29.3 Å². The van der Waals surface area contributed by atoms with Crippen LogP contribution in [0.4, 0.5) is 13.2 Å². The van der Waals surface area contributed by atoms with Gasteiger partial charge < -0.3 is 15.2 Å². The van der Waals surface area contributed by atoms with Crippen molar-refractivity contribution in [1.82, 2.24) is 0 Å². The van der Waals surface area contributed by atoms with Gasteiger partial charge in [-0.25, -0.2) is 0 Å². The Morgan fingerprint density at radius 2 is 2.05 bits per heavy atom. The van der Waals surface area contributed by atoms with Crippen LogP contribution in [0, 0.1) is 0 Å². The molecule has 1 aromatic rings. The lowest BCUT2D eigenvalue weighted by Gasteiger charge is -2.17. The molecule has 106 valence electrons. The summed E-state index contributed by atoms with van der Waals surface area (Å²) in [5, 5.41) is 0. The molecule has 0 bridgehead atoms. The normalized spacial score (nSPS) is 13.1. The Morgan fingerprint density at radius 1 is 1.42 bits per heavy atom. The first kappa shape index (κ1) is 15.7. The molecule has 1 rings (SSSR count). The standard InChI is InChI=1S/C12H14F3NO2S/c1-7(17-2)6-18-10-4-3-8(11(16)19)5-9(10)12(13,14)15/h3-5,7H,6H2,1-2H3,(H2,16,19). The predicted molar refractivity (Wildman–Crippen MR) is 69.3 cm³/mol. The van der Waals surface area contributed by atoms with Gasteiger partial charge in [0.05, 0.1) is 11.7 Å². The van der Waals surface area contributed by atoms with Gasteiger partial charge >= 0.3 is 6.18 Å². The molecule has 19 heavy (non-hydrogen) atoms. The molecular formula is C12H14F3NO2S. The number of hydrogen-bond acceptors (Lipinski definition) is 3. The van der Waals surface area contributed by atoms with Crippen molar-refractivity contribution in [3.8, 4) is 5.75 Å². The summed E-state index contributed by atoms with van der Waals surface area (Å²) in [5.41, 5.74) is 4.57. The number of thiocarbonyl (C=S) groups is 1. The molecule has 0 saturated heterocycles. The van der Waals surface area contributed by atoms with E-state index in [-0.39, 0.29) is 29.0 Å². The highest BCUT2D eigenvalue weighted by molar-refractivity contribution is 7.80. The minimum Gasteiger partial charge on any atom is -0.490 e. The lowest BCUT2D eigenvalue weighted by atomic mass is 10.1. The summed E-state index contributed by atoms with van der Waals surface area (Å²) in [4.78, 5) is -0.0951. The third kappa shape index (κ3) is 4.36. The lowest BCUT2D eigenvalue weighted by molar-refractivity contribution is -0.139. The third-order valence-corrected chi connectivity index (χ3v) is 2.68. The zero-order valence-corrected chi connectivity index (χ0v) is 11.3. The molecule has 3 nitrogen and oxygen atoms in total. The van der Waals surface area contributed by atoms with Crippen LogP contribution in [0.1, 0.15) is 18.1 Å². The van der Waals surface area contributed by atoms with Crippen molar-refractivity contribution in [1.29, 1.82) is 0 Å². The maximum atomic E-state index is 12.9. The highest BCUT2D eigenvalue weighted by Gasteiger charge is 2.35. The zero-order chi connectivity index (χ0) is 14.6. The summed E-state index contributed by atoms with van der Waals surface area (Å²) in [6.45, 7) is 1.71. The zero-order valence-electron chi connectivity index (χ0n) is 10.5. The second-order valence-electron chi connectivity index (χ2n) is 3.93. The molecule has 0 aliphatic heterocycles. The summed E-state index contributed by atoms with van der Waals surface area (Å²) in [7, 11) is 1.45. The number of ether oxygens (including phenoxy) is 2. The van der Waals surface area contributed by atoms with E-state index in [4.69, 9.17) is 15.2 Å². The number of nitrogens with two attached hydrogens (primary N) is 1. The predicted octanol–water partition coefficient (Wildman–Crippen LogP) is 2.75. The van der Waals surface area contributed by atoms with Gasteiger partial charge in [0.2, 0.25) is 0 Å².